The monoisotopic (exact) mass is 2010 g/mol. The average Bonchev–Trinajstić information content (AvgIpc) is 1.49. The van der Waals surface area contributed by atoms with Crippen LogP contribution in [0.5, 0.6) is 0 Å². The second kappa shape index (κ2) is 45.0. The van der Waals surface area contributed by atoms with E-state index in [1.807, 2.05) is 166 Å². The van der Waals surface area contributed by atoms with Crippen LogP contribution in [0.4, 0.5) is 0 Å². The summed E-state index contributed by atoms with van der Waals surface area (Å²) in [6.45, 7) is 65.7. The Balaban J connectivity index is 0.000000263. The van der Waals surface area contributed by atoms with Crippen molar-refractivity contribution in [3.63, 3.8) is 0 Å². The minimum Gasteiger partial charge on any atom is -0.459 e. The molecular weight excluding hydrogens is 1770 g/mol. The minimum atomic E-state index is -0.420. The number of carbonyl (C=O) groups excluding carboxylic acids is 5. The van der Waals surface area contributed by atoms with Crippen LogP contribution in [0.3, 0.4) is 0 Å². The van der Waals surface area contributed by atoms with Gasteiger partial charge in [0.15, 0.2) is 0 Å². The average molecular weight is 2010 g/mol. The van der Waals surface area contributed by atoms with E-state index in [1.165, 1.54) is 212 Å². The first-order valence-corrected chi connectivity index (χ1v) is 58.2. The van der Waals surface area contributed by atoms with Gasteiger partial charge in [0.05, 0.1) is 38.3 Å². The highest BCUT2D eigenvalue weighted by Crippen LogP contribution is 2.87. The van der Waals surface area contributed by atoms with Crippen molar-refractivity contribution in [2.24, 2.45) is 225 Å². The van der Waals surface area contributed by atoms with Gasteiger partial charge in [0, 0.05) is 16.7 Å². The Morgan fingerprint density at radius 2 is 0.650 bits per heavy atom. The Kier molecular flexibility index (Phi) is 40.6. The van der Waals surface area contributed by atoms with E-state index in [0.29, 0.717) is 33.5 Å². The van der Waals surface area contributed by atoms with Gasteiger partial charge < -0.3 is 33.2 Å². The first-order chi connectivity index (χ1) is 62.7. The highest BCUT2D eigenvalue weighted by molar-refractivity contribution is 5.78. The first-order valence-electron chi connectivity index (χ1n) is 58.2. The molecule has 838 valence electrons. The third-order valence-electron chi connectivity index (χ3n) is 47.7. The molecule has 0 saturated heterocycles. The smallest absolute Gasteiger partial charge is 0.313 e. The largest absolute Gasteiger partial charge is 0.459 e. The maximum Gasteiger partial charge on any atom is 0.313 e. The molecule has 31 rings (SSSR count). The molecule has 4 spiro atoms. The Morgan fingerprint density at radius 1 is 0.294 bits per heavy atom. The number of fused-ring (bicyclic) bond motifs is 4. The molecule has 31 aliphatic carbocycles. The van der Waals surface area contributed by atoms with Crippen LogP contribution in [-0.4, -0.2) is 70.4 Å². The zero-order valence-corrected chi connectivity index (χ0v) is 91.6. The molecule has 12 heteroatoms. The van der Waals surface area contributed by atoms with Gasteiger partial charge in [-0.2, -0.15) is 0 Å². The number of carbonyl (C=O) groups is 5. The summed E-state index contributed by atoms with van der Waals surface area (Å²) in [7, 11) is 0. The summed E-state index contributed by atoms with van der Waals surface area (Å²) in [6.07, 6.45) is 50.0. The normalized spacial score (nSPS) is 44.1. The van der Waals surface area contributed by atoms with E-state index in [1.54, 1.807) is 0 Å². The molecule has 31 saturated carbocycles. The summed E-state index contributed by atoms with van der Waals surface area (Å²) in [6, 6.07) is 0. The quantitative estimate of drug-likeness (QED) is 0.0611. The molecule has 0 heterocycles. The molecule has 29 atom stereocenters. The molecule has 29 unspecified atom stereocenters. The van der Waals surface area contributed by atoms with E-state index in [0.717, 1.165) is 186 Å². The lowest BCUT2D eigenvalue weighted by atomic mass is 9.33. The molecule has 0 amide bonds. The fourth-order valence-corrected chi connectivity index (χ4v) is 41.9. The van der Waals surface area contributed by atoms with E-state index in [2.05, 4.69) is 55.4 Å². The second-order valence-corrected chi connectivity index (χ2v) is 55.4. The summed E-state index contributed by atoms with van der Waals surface area (Å²) < 4.78 is 44.0. The van der Waals surface area contributed by atoms with Crippen LogP contribution in [0, 0.1) is 225 Å². The molecule has 31 aliphatic rings. The van der Waals surface area contributed by atoms with Crippen molar-refractivity contribution in [2.75, 3.05) is 0 Å². The van der Waals surface area contributed by atoms with Crippen molar-refractivity contribution in [2.45, 2.75) is 580 Å². The highest BCUT2D eigenvalue weighted by Gasteiger charge is 2.83. The lowest BCUT2D eigenvalue weighted by Gasteiger charge is -2.74. The van der Waals surface area contributed by atoms with Gasteiger partial charge in [-0.1, -0.05) is 178 Å². The van der Waals surface area contributed by atoms with E-state index in [-0.39, 0.29) is 159 Å². The van der Waals surface area contributed by atoms with Crippen molar-refractivity contribution in [3.05, 3.63) is 0 Å². The Morgan fingerprint density at radius 3 is 1.11 bits per heavy atom. The van der Waals surface area contributed by atoms with Crippen LogP contribution in [-0.2, 0) is 57.1 Å². The van der Waals surface area contributed by atoms with Gasteiger partial charge in [-0.05, 0) is 543 Å². The lowest BCUT2D eigenvalue weighted by molar-refractivity contribution is -0.338. The van der Waals surface area contributed by atoms with Crippen LogP contribution >= 0.6 is 0 Å². The van der Waals surface area contributed by atoms with Gasteiger partial charge in [0.25, 0.3) is 0 Å². The van der Waals surface area contributed by atoms with Crippen molar-refractivity contribution in [1.82, 2.24) is 0 Å². The predicted molar refractivity (Wildman–Crippen MR) is 603 cm³/mol. The van der Waals surface area contributed by atoms with Crippen LogP contribution in [0.2, 0.25) is 0 Å². The van der Waals surface area contributed by atoms with Crippen molar-refractivity contribution in [3.8, 4) is 0 Å². The van der Waals surface area contributed by atoms with Crippen molar-refractivity contribution in [1.29, 1.82) is 0 Å². The van der Waals surface area contributed by atoms with Gasteiger partial charge in [0.2, 0.25) is 12.6 Å². The number of hydrogen-bond donors (Lipinski definition) is 0. The molecule has 0 radical (unpaired) electrons. The molecule has 31 fully saturated rings. The van der Waals surface area contributed by atoms with Gasteiger partial charge in [0.1, 0.15) is 16.8 Å². The molecule has 12 nitrogen and oxygen atoms in total. The Bertz CT molecular complexity index is 4120. The third kappa shape index (κ3) is 19.6. The number of rotatable bonds is 21. The molecule has 28 bridgehead atoms. The number of ether oxygens (including phenoxy) is 7. The lowest BCUT2D eigenvalue weighted by Crippen LogP contribution is -2.72. The molecule has 143 heavy (non-hydrogen) atoms. The molecule has 0 aromatic carbocycles. The van der Waals surface area contributed by atoms with E-state index in [4.69, 9.17) is 33.2 Å². The standard InChI is InChI=1S/2C23H36O2.2C22H34O3.C21H32O2.5C2H6.10CH4/c1-6-20(2,3)19(24)25-21(4,5)23-13-15-9-18-16-7-14(8-17(23)10-16)11-22(18,23)12-15;1-6-20(2,3)19(24)25-21(4,5)22-11-17-15-7-14-8-16(9-15)18(12-22)23(17,10-14)13-22;1-5-20(3,4)19(23)24-13(2)25-21-10-17-15-6-14-7-16(8-15)18(11-21)22(17,9-14)12-21;1-5-21(3,4)20(23)24-12(2)25-22-11-14-7-16-15-6-13(9-18(16)22)10-19(22)17(15)8-14;1-5-19(2,3)18(22)23-20(4)15-9-16-13-6-12-7-14(8-13)17(20)21(16,10-12)11-15;5*1-2;;;;;;;;;;/h2*14-18H,6-13H2,1-5H3;13-18H,5-12H2,1-4H3;12-19H,5-11H2,1-4H3;12-17H,5-11H2,1-4H3;5*1-2H3;10*1H4. The topological polar surface area (TPSA) is 150 Å². The predicted octanol–water partition coefficient (Wildman–Crippen LogP) is 37.2. The van der Waals surface area contributed by atoms with Gasteiger partial charge in [-0.25, -0.2) is 0 Å². The fraction of sp³-hybridized carbons (Fsp3) is 0.962. The van der Waals surface area contributed by atoms with Crippen LogP contribution in [0.15, 0.2) is 0 Å². The van der Waals surface area contributed by atoms with Crippen molar-refractivity contribution < 1.29 is 57.1 Å². The van der Waals surface area contributed by atoms with Crippen LogP contribution in [0.25, 0.3) is 0 Å². The highest BCUT2D eigenvalue weighted by atomic mass is 16.7. The summed E-state index contributed by atoms with van der Waals surface area (Å²) in [5.74, 6) is 25.3. The maximum atomic E-state index is 13.0. The molecular formula is C131H242O12. The Labute approximate surface area is 887 Å². The van der Waals surface area contributed by atoms with Gasteiger partial charge in [-0.3, -0.25) is 24.0 Å². The number of esters is 5. The Hall–Kier alpha value is -2.73. The van der Waals surface area contributed by atoms with E-state index < -0.39 is 23.4 Å². The third-order valence-corrected chi connectivity index (χ3v) is 47.7. The summed E-state index contributed by atoms with van der Waals surface area (Å²) in [5.41, 5.74) is 0.129. The molecule has 0 N–H and O–H groups in total. The molecule has 0 aromatic rings. The zero-order chi connectivity index (χ0) is 97.0. The van der Waals surface area contributed by atoms with E-state index in [9.17, 15) is 24.0 Å². The summed E-state index contributed by atoms with van der Waals surface area (Å²) >= 11 is 0. The minimum absolute atomic E-state index is 0. The van der Waals surface area contributed by atoms with Crippen LogP contribution in [0.1, 0.15) is 540 Å². The fourth-order valence-electron chi connectivity index (χ4n) is 41.9. The molecule has 0 aliphatic heterocycles. The maximum absolute atomic E-state index is 13.0. The van der Waals surface area contributed by atoms with Crippen molar-refractivity contribution >= 4 is 29.8 Å². The summed E-state index contributed by atoms with van der Waals surface area (Å²) in [5, 5.41) is 0. The zero-order valence-electron chi connectivity index (χ0n) is 91.6. The molecule has 0 aromatic heterocycles. The van der Waals surface area contributed by atoms with Crippen LogP contribution < -0.4 is 0 Å². The summed E-state index contributed by atoms with van der Waals surface area (Å²) in [4.78, 5) is 63.6. The second-order valence-electron chi connectivity index (χ2n) is 55.4. The van der Waals surface area contributed by atoms with Gasteiger partial charge >= 0.3 is 29.8 Å². The first kappa shape index (κ1) is 129. The van der Waals surface area contributed by atoms with Gasteiger partial charge in [-0.15, -0.1) is 0 Å². The SMILES string of the molecule is C.C.C.C.C.C.C.C.C.C.CC.CC.CC.CC.CC.CCC(C)(C)C(=O)OC(C)(C)C12CC3C4CC5CC(C4)C(C1)C3(C5)C2.CCC(C)(C)C(=O)OC(C)(C)C12CC3CC4C5CC(CC1C5)CC42C3.CCC(C)(C)C(=O)OC(C)OC12CC3C4CC5CC(C4)C(C1)C3(C5)C2.CCC(C)(C)C(=O)OC(C)OC12CC3CC4C5CC(CC41)CC2C5C3.CCC(C)(C)C(=O)OC1(C)C2CC3C4CC5CC(C4)C1C3(C5)C2. The van der Waals surface area contributed by atoms with E-state index >= 15 is 0 Å². The number of hydrogen-bond acceptors (Lipinski definition) is 12.